The van der Waals surface area contributed by atoms with Crippen LogP contribution in [0.25, 0.3) is 0 Å². The van der Waals surface area contributed by atoms with Gasteiger partial charge in [0.1, 0.15) is 0 Å². The Labute approximate surface area is 259 Å². The zero-order valence-electron chi connectivity index (χ0n) is 21.3. The molecule has 0 aliphatic carbocycles. The summed E-state index contributed by atoms with van der Waals surface area (Å²) in [5.74, 6) is 0. The first-order valence-electron chi connectivity index (χ1n) is 10.4. The monoisotopic (exact) mass is 670 g/mol. The molecule has 10 heteroatoms. The summed E-state index contributed by atoms with van der Waals surface area (Å²) < 4.78 is 1.72. The largest absolute Gasteiger partial charge is 3.00 e. The molecule has 0 unspecified atom stereocenters. The molecule has 0 spiro atoms. The topological polar surface area (TPSA) is 9.72 Å². The Bertz CT molecular complexity index is 416. The summed E-state index contributed by atoms with van der Waals surface area (Å²) >= 11 is 29.5. The normalized spacial score (nSPS) is 10.3. The quantitative estimate of drug-likeness (QED) is 0.253. The average Bonchev–Trinajstić information content (AvgIpc) is 2.43. The van der Waals surface area contributed by atoms with E-state index in [2.05, 4.69) is 83.1 Å². The van der Waals surface area contributed by atoms with Gasteiger partial charge in [-0.05, 0) is 83.1 Å². The summed E-state index contributed by atoms with van der Waals surface area (Å²) in [5.41, 5.74) is 0. The van der Waals surface area contributed by atoms with E-state index in [0.717, 1.165) is 0 Å². The van der Waals surface area contributed by atoms with Gasteiger partial charge in [-0.3, -0.25) is 0 Å². The third-order valence-electron chi connectivity index (χ3n) is 3.97. The second-order valence-corrected chi connectivity index (χ2v) is 11.7. The van der Waals surface area contributed by atoms with Gasteiger partial charge in [-0.2, -0.15) is 0 Å². The van der Waals surface area contributed by atoms with E-state index >= 15 is 0 Å². The van der Waals surface area contributed by atoms with Crippen LogP contribution in [-0.2, 0) is 37.9 Å². The van der Waals surface area contributed by atoms with Gasteiger partial charge < -0.3 is 89.2 Å². The fourth-order valence-corrected chi connectivity index (χ4v) is 5.58. The Hall–Kier alpha value is 1.68. The molecule has 1 radical (unpaired) electrons. The molecule has 0 saturated heterocycles. The molecule has 0 aliphatic heterocycles. The molecule has 0 aromatic carbocycles. The van der Waals surface area contributed by atoms with Crippen LogP contribution >= 0.6 is 36.7 Å². The molecule has 0 N–H and O–H groups in total. The van der Waals surface area contributed by atoms with E-state index in [1.807, 2.05) is 14.7 Å². The molecule has 0 fully saturated rings. The van der Waals surface area contributed by atoms with E-state index in [9.17, 15) is 0 Å². The molecule has 31 heavy (non-hydrogen) atoms. The van der Waals surface area contributed by atoms with Crippen molar-refractivity contribution in [2.24, 2.45) is 0 Å². The van der Waals surface area contributed by atoms with Gasteiger partial charge in [0.15, 0.2) is 0 Å². The van der Waals surface area contributed by atoms with Gasteiger partial charge in [0, 0.05) is 36.3 Å². The molecule has 0 aliphatic rings. The van der Waals surface area contributed by atoms with Gasteiger partial charge >= 0.3 is 40.8 Å². The van der Waals surface area contributed by atoms with Gasteiger partial charge in [0.2, 0.25) is 0 Å². The van der Waals surface area contributed by atoms with Crippen molar-refractivity contribution in [2.75, 3.05) is 0 Å². The fraction of sp³-hybridized carbons (Fsp3) is 0.857. The fourth-order valence-electron chi connectivity index (χ4n) is 3.05. The van der Waals surface area contributed by atoms with Gasteiger partial charge in [-0.25, -0.2) is 0 Å². The zero-order chi connectivity index (χ0) is 24.9. The predicted molar refractivity (Wildman–Crippen MR) is 156 cm³/mol. The molecule has 0 bridgehead atoms. The summed E-state index contributed by atoms with van der Waals surface area (Å²) in [6.07, 6.45) is 0. The first kappa shape index (κ1) is 39.9. The molecular formula is C21H42N3NdS6. The molecule has 0 rings (SSSR count). The van der Waals surface area contributed by atoms with Gasteiger partial charge in [0.25, 0.3) is 0 Å². The molecule has 3 nitrogen and oxygen atoms in total. The van der Waals surface area contributed by atoms with E-state index in [4.69, 9.17) is 74.5 Å². The van der Waals surface area contributed by atoms with Crippen LogP contribution in [0.2, 0.25) is 0 Å². The Morgan fingerprint density at radius 3 is 0.516 bits per heavy atom. The summed E-state index contributed by atoms with van der Waals surface area (Å²) in [7, 11) is 0. The SMILES string of the molecule is CC(C)N(C(=S)[S-])C(C)C.CC(C)N(C(=S)[S-])C(C)C.CC(C)N(C(=S)[S-])C(C)C.[Nd+3]. The number of rotatable bonds is 6. The van der Waals surface area contributed by atoms with E-state index in [1.165, 1.54) is 0 Å². The van der Waals surface area contributed by atoms with Gasteiger partial charge in [0.05, 0.1) is 0 Å². The van der Waals surface area contributed by atoms with Crippen LogP contribution in [-0.4, -0.2) is 63.9 Å². The minimum atomic E-state index is 0. The Morgan fingerprint density at radius 2 is 0.516 bits per heavy atom. The van der Waals surface area contributed by atoms with Crippen LogP contribution in [0.1, 0.15) is 83.1 Å². The molecule has 0 saturated carbocycles. The molecule has 0 atom stereocenters. The molecule has 0 aromatic rings. The molecular weight excluding hydrogens is 631 g/mol. The third-order valence-corrected chi connectivity index (χ3v) is 5.24. The van der Waals surface area contributed by atoms with Crippen molar-refractivity contribution >= 4 is 87.5 Å². The zero-order valence-corrected chi connectivity index (χ0v) is 29.4. The van der Waals surface area contributed by atoms with Gasteiger partial charge in [-0.15, -0.1) is 0 Å². The second-order valence-electron chi connectivity index (χ2n) is 8.58. The summed E-state index contributed by atoms with van der Waals surface area (Å²) in [6.45, 7) is 25.1. The van der Waals surface area contributed by atoms with Crippen LogP contribution in [0.5, 0.6) is 0 Å². The smallest absolute Gasteiger partial charge is 0.411 e. The molecule has 0 aromatic heterocycles. The molecule has 181 valence electrons. The summed E-state index contributed by atoms with van der Waals surface area (Å²) in [4.78, 5) is 6.14. The van der Waals surface area contributed by atoms with Crippen LogP contribution < -0.4 is 0 Å². The Balaban J connectivity index is -0.000000174. The minimum absolute atomic E-state index is 0. The summed E-state index contributed by atoms with van der Waals surface area (Å²) in [6, 6.07) is 2.53. The maximum absolute atomic E-state index is 4.91. The van der Waals surface area contributed by atoms with Crippen LogP contribution in [0, 0.1) is 40.8 Å². The van der Waals surface area contributed by atoms with Crippen molar-refractivity contribution in [2.45, 2.75) is 119 Å². The first-order valence-corrected chi connectivity index (χ1v) is 12.8. The van der Waals surface area contributed by atoms with Crippen LogP contribution in [0.3, 0.4) is 0 Å². The Morgan fingerprint density at radius 1 is 0.419 bits per heavy atom. The predicted octanol–water partition coefficient (Wildman–Crippen LogP) is 5.81. The minimum Gasteiger partial charge on any atom is -0.411 e. The molecule has 0 amide bonds. The van der Waals surface area contributed by atoms with Crippen molar-refractivity contribution in [3.8, 4) is 0 Å². The number of hydrogen-bond donors (Lipinski definition) is 0. The maximum atomic E-state index is 4.91. The van der Waals surface area contributed by atoms with E-state index in [0.29, 0.717) is 49.2 Å². The van der Waals surface area contributed by atoms with E-state index in [1.54, 1.807) is 0 Å². The van der Waals surface area contributed by atoms with Crippen molar-refractivity contribution in [3.63, 3.8) is 0 Å². The first-order chi connectivity index (χ1) is 13.4. The van der Waals surface area contributed by atoms with Gasteiger partial charge in [-0.1, -0.05) is 13.0 Å². The number of thiocarbonyl (C=S) groups is 3. The summed E-state index contributed by atoms with van der Waals surface area (Å²) in [5, 5.41) is 0. The second kappa shape index (κ2) is 21.0. The van der Waals surface area contributed by atoms with E-state index in [-0.39, 0.29) is 40.8 Å². The van der Waals surface area contributed by atoms with E-state index < -0.39 is 0 Å². The maximum Gasteiger partial charge on any atom is 3.00 e. The standard InChI is InChI=1S/3C7H15NS2.Nd/c3*1-5(2)8(6(3)4)7(9)10;/h3*5-6H,1-4H3,(H,9,10);/q;;;+3/p-3. The third kappa shape index (κ3) is 19.7. The van der Waals surface area contributed by atoms with Crippen molar-refractivity contribution in [1.82, 2.24) is 14.7 Å². The molecule has 0 heterocycles. The van der Waals surface area contributed by atoms with Crippen LogP contribution in [0.15, 0.2) is 0 Å². The number of nitrogens with zero attached hydrogens (tertiary/aromatic N) is 3. The number of hydrogen-bond acceptors (Lipinski definition) is 6. The Kier molecular flexibility index (Phi) is 27.0. The van der Waals surface area contributed by atoms with Crippen molar-refractivity contribution in [3.05, 3.63) is 0 Å². The van der Waals surface area contributed by atoms with Crippen molar-refractivity contribution < 1.29 is 40.8 Å². The average molecular weight is 673 g/mol. The van der Waals surface area contributed by atoms with Crippen molar-refractivity contribution in [1.29, 1.82) is 0 Å². The van der Waals surface area contributed by atoms with Crippen LogP contribution in [0.4, 0.5) is 0 Å².